The van der Waals surface area contributed by atoms with E-state index < -0.39 is 0 Å². The number of nitriles is 1. The summed E-state index contributed by atoms with van der Waals surface area (Å²) < 4.78 is 1.95. The summed E-state index contributed by atoms with van der Waals surface area (Å²) in [6, 6.07) is 12.2. The second kappa shape index (κ2) is 5.07. The van der Waals surface area contributed by atoms with Gasteiger partial charge in [0.1, 0.15) is 17.6 Å². The number of nitrogens with zero attached hydrogens (tertiary/aromatic N) is 3. The maximum atomic E-state index is 9.23. The topological polar surface area (TPSA) is 58.0 Å². The van der Waals surface area contributed by atoms with Crippen LogP contribution >= 0.6 is 0 Å². The van der Waals surface area contributed by atoms with Gasteiger partial charge in [-0.1, -0.05) is 29.8 Å². The summed E-state index contributed by atoms with van der Waals surface area (Å²) in [4.78, 5) is 1.94. The molecule has 0 atom stereocenters. The summed E-state index contributed by atoms with van der Waals surface area (Å²) in [5.41, 5.74) is 9.58. The van der Waals surface area contributed by atoms with Crippen LogP contribution in [0.4, 0.5) is 11.5 Å². The SMILES string of the molecule is Cc1cccc(Cn2c(C#N)cc(N)c2N(C)C)c1. The lowest BCUT2D eigenvalue weighted by molar-refractivity contribution is 0.778. The number of hydrogen-bond donors (Lipinski definition) is 1. The Labute approximate surface area is 113 Å². The summed E-state index contributed by atoms with van der Waals surface area (Å²) >= 11 is 0. The van der Waals surface area contributed by atoms with Gasteiger partial charge in [-0.2, -0.15) is 5.26 Å². The smallest absolute Gasteiger partial charge is 0.133 e. The molecule has 2 aromatic rings. The predicted molar refractivity (Wildman–Crippen MR) is 78.2 cm³/mol. The molecule has 0 aliphatic carbocycles. The number of rotatable bonds is 3. The van der Waals surface area contributed by atoms with E-state index in [1.165, 1.54) is 5.56 Å². The highest BCUT2D eigenvalue weighted by Gasteiger charge is 2.14. The number of anilines is 2. The first-order chi connectivity index (χ1) is 9.02. The highest BCUT2D eigenvalue weighted by atomic mass is 15.2. The summed E-state index contributed by atoms with van der Waals surface area (Å²) in [6.45, 7) is 2.71. The van der Waals surface area contributed by atoms with Gasteiger partial charge in [0.05, 0.1) is 12.2 Å². The number of benzene rings is 1. The summed E-state index contributed by atoms with van der Waals surface area (Å²) in [5, 5.41) is 9.23. The van der Waals surface area contributed by atoms with Gasteiger partial charge in [-0.15, -0.1) is 0 Å². The normalized spacial score (nSPS) is 10.2. The average Bonchev–Trinajstić information content (AvgIpc) is 2.65. The van der Waals surface area contributed by atoms with Crippen LogP contribution in [0.5, 0.6) is 0 Å². The minimum Gasteiger partial charge on any atom is -0.396 e. The van der Waals surface area contributed by atoms with E-state index in [0.29, 0.717) is 17.9 Å². The molecule has 0 bridgehead atoms. The van der Waals surface area contributed by atoms with E-state index in [4.69, 9.17) is 5.73 Å². The first kappa shape index (κ1) is 13.0. The lowest BCUT2D eigenvalue weighted by Crippen LogP contribution is -2.17. The van der Waals surface area contributed by atoms with Crippen LogP contribution in [0.3, 0.4) is 0 Å². The average molecular weight is 254 g/mol. The second-order valence-electron chi connectivity index (χ2n) is 4.89. The van der Waals surface area contributed by atoms with Crippen molar-refractivity contribution < 1.29 is 0 Å². The molecule has 19 heavy (non-hydrogen) atoms. The Morgan fingerprint density at radius 3 is 2.63 bits per heavy atom. The first-order valence-corrected chi connectivity index (χ1v) is 6.15. The molecule has 0 aliphatic rings. The third-order valence-electron chi connectivity index (χ3n) is 3.06. The Bertz CT molecular complexity index is 632. The van der Waals surface area contributed by atoms with E-state index >= 15 is 0 Å². The van der Waals surface area contributed by atoms with Gasteiger partial charge in [0.2, 0.25) is 0 Å². The zero-order valence-electron chi connectivity index (χ0n) is 11.5. The molecule has 0 aliphatic heterocycles. The molecule has 2 rings (SSSR count). The lowest BCUT2D eigenvalue weighted by atomic mass is 10.1. The number of aryl methyl sites for hydroxylation is 1. The number of nitrogen functional groups attached to an aromatic ring is 1. The van der Waals surface area contributed by atoms with Crippen LogP contribution in [0.2, 0.25) is 0 Å². The Kier molecular flexibility index (Phi) is 3.48. The van der Waals surface area contributed by atoms with Crippen molar-refractivity contribution in [1.29, 1.82) is 5.26 Å². The molecule has 98 valence electrons. The van der Waals surface area contributed by atoms with E-state index in [0.717, 1.165) is 11.4 Å². The fraction of sp³-hybridized carbons (Fsp3) is 0.267. The molecular weight excluding hydrogens is 236 g/mol. The third kappa shape index (κ3) is 2.55. The Morgan fingerprint density at radius 2 is 2.05 bits per heavy atom. The van der Waals surface area contributed by atoms with E-state index in [2.05, 4.69) is 31.2 Å². The number of hydrogen-bond acceptors (Lipinski definition) is 3. The van der Waals surface area contributed by atoms with Crippen LogP contribution in [-0.4, -0.2) is 18.7 Å². The van der Waals surface area contributed by atoms with E-state index in [1.807, 2.05) is 29.6 Å². The number of aromatic nitrogens is 1. The second-order valence-corrected chi connectivity index (χ2v) is 4.89. The van der Waals surface area contributed by atoms with Gasteiger partial charge in [-0.3, -0.25) is 0 Å². The third-order valence-corrected chi connectivity index (χ3v) is 3.06. The van der Waals surface area contributed by atoms with Crippen LogP contribution in [0, 0.1) is 18.3 Å². The molecule has 1 heterocycles. The van der Waals surface area contributed by atoms with Crippen molar-refractivity contribution in [2.24, 2.45) is 0 Å². The van der Waals surface area contributed by atoms with Crippen molar-refractivity contribution in [1.82, 2.24) is 4.57 Å². The predicted octanol–water partition coefficient (Wildman–Crippen LogP) is 2.36. The minimum absolute atomic E-state index is 0.586. The molecule has 0 unspecified atom stereocenters. The van der Waals surface area contributed by atoms with E-state index in [-0.39, 0.29) is 0 Å². The van der Waals surface area contributed by atoms with Crippen molar-refractivity contribution in [3.8, 4) is 6.07 Å². The molecule has 0 radical (unpaired) electrons. The summed E-state index contributed by atoms with van der Waals surface area (Å²) in [6.07, 6.45) is 0. The molecular formula is C15H18N4. The van der Waals surface area contributed by atoms with Crippen LogP contribution in [0.15, 0.2) is 30.3 Å². The molecule has 0 saturated heterocycles. The molecule has 4 nitrogen and oxygen atoms in total. The molecule has 0 amide bonds. The van der Waals surface area contributed by atoms with Gasteiger partial charge in [0.15, 0.2) is 0 Å². The fourth-order valence-corrected chi connectivity index (χ4v) is 2.31. The van der Waals surface area contributed by atoms with Crippen LogP contribution < -0.4 is 10.6 Å². The zero-order chi connectivity index (χ0) is 14.0. The van der Waals surface area contributed by atoms with Crippen molar-refractivity contribution in [2.75, 3.05) is 24.7 Å². The molecule has 1 aromatic heterocycles. The van der Waals surface area contributed by atoms with Crippen LogP contribution in [0.25, 0.3) is 0 Å². The highest BCUT2D eigenvalue weighted by molar-refractivity contribution is 5.67. The monoisotopic (exact) mass is 254 g/mol. The molecule has 1 aromatic carbocycles. The maximum absolute atomic E-state index is 9.23. The van der Waals surface area contributed by atoms with Gasteiger partial charge in [-0.25, -0.2) is 0 Å². The van der Waals surface area contributed by atoms with Crippen molar-refractivity contribution >= 4 is 11.5 Å². The summed E-state index contributed by atoms with van der Waals surface area (Å²) in [7, 11) is 3.86. The maximum Gasteiger partial charge on any atom is 0.133 e. The molecule has 0 spiro atoms. The first-order valence-electron chi connectivity index (χ1n) is 6.15. The van der Waals surface area contributed by atoms with Gasteiger partial charge < -0.3 is 15.2 Å². The van der Waals surface area contributed by atoms with Gasteiger partial charge >= 0.3 is 0 Å². The molecule has 4 heteroatoms. The number of nitrogens with two attached hydrogens (primary N) is 1. The van der Waals surface area contributed by atoms with Crippen LogP contribution in [0.1, 0.15) is 16.8 Å². The van der Waals surface area contributed by atoms with E-state index in [1.54, 1.807) is 6.07 Å². The Balaban J connectivity index is 2.47. The van der Waals surface area contributed by atoms with Crippen molar-refractivity contribution in [3.63, 3.8) is 0 Å². The van der Waals surface area contributed by atoms with Gasteiger partial charge in [-0.05, 0) is 18.6 Å². The zero-order valence-corrected chi connectivity index (χ0v) is 11.5. The Morgan fingerprint density at radius 1 is 1.32 bits per heavy atom. The van der Waals surface area contributed by atoms with Crippen LogP contribution in [-0.2, 0) is 6.54 Å². The minimum atomic E-state index is 0.586. The standard InChI is InChI=1S/C15H18N4/c1-11-5-4-6-12(7-11)10-19-13(9-16)8-14(17)15(19)18(2)3/h4-8H,10,17H2,1-3H3. The fourth-order valence-electron chi connectivity index (χ4n) is 2.31. The molecule has 2 N–H and O–H groups in total. The largest absolute Gasteiger partial charge is 0.396 e. The Hall–Kier alpha value is -2.41. The van der Waals surface area contributed by atoms with Crippen molar-refractivity contribution in [3.05, 3.63) is 47.2 Å². The van der Waals surface area contributed by atoms with Gasteiger partial charge in [0.25, 0.3) is 0 Å². The highest BCUT2D eigenvalue weighted by Crippen LogP contribution is 2.27. The molecule has 0 saturated carbocycles. The quantitative estimate of drug-likeness (QED) is 0.914. The van der Waals surface area contributed by atoms with E-state index in [9.17, 15) is 5.26 Å². The molecule has 0 fully saturated rings. The van der Waals surface area contributed by atoms with Gasteiger partial charge in [0, 0.05) is 14.1 Å². The summed E-state index contributed by atoms with van der Waals surface area (Å²) in [5.74, 6) is 0.873. The lowest BCUT2D eigenvalue weighted by Gasteiger charge is -2.18. The van der Waals surface area contributed by atoms with Crippen molar-refractivity contribution in [2.45, 2.75) is 13.5 Å².